The van der Waals surface area contributed by atoms with Gasteiger partial charge in [0.05, 0.1) is 13.2 Å². The largest absolute Gasteiger partial charge is 0.508 e. The lowest BCUT2D eigenvalue weighted by Gasteiger charge is -2.07. The fourth-order valence-electron chi connectivity index (χ4n) is 2.92. The number of hydrogen-bond acceptors (Lipinski definition) is 3. The van der Waals surface area contributed by atoms with Crippen LogP contribution in [-0.2, 0) is 9.47 Å². The Hall–Kier alpha value is -0.990. The fraction of sp³-hybridized carbons (Fsp3) is 0.875. The average Bonchev–Trinajstić information content (AvgIpc) is 2.64. The highest BCUT2D eigenvalue weighted by Gasteiger charge is 2.03. The van der Waals surface area contributed by atoms with Crippen molar-refractivity contribution in [2.45, 2.75) is 117 Å². The van der Waals surface area contributed by atoms with Crippen LogP contribution in [0.2, 0.25) is 0 Å². The first-order valence-corrected chi connectivity index (χ1v) is 11.6. The molecule has 0 aliphatic carbocycles. The van der Waals surface area contributed by atoms with Gasteiger partial charge in [-0.2, -0.15) is 0 Å². The third-order valence-corrected chi connectivity index (χ3v) is 4.79. The van der Waals surface area contributed by atoms with Crippen LogP contribution in [0.4, 0.5) is 4.79 Å². The van der Waals surface area contributed by atoms with E-state index in [9.17, 15) is 4.79 Å². The Bertz CT molecular complexity index is 337. The average molecular weight is 383 g/mol. The molecule has 0 heterocycles. The van der Waals surface area contributed by atoms with E-state index in [1.165, 1.54) is 77.0 Å². The molecule has 0 N–H and O–H groups in total. The highest BCUT2D eigenvalue weighted by atomic mass is 16.7. The second kappa shape index (κ2) is 21.3. The van der Waals surface area contributed by atoms with Gasteiger partial charge in [0.15, 0.2) is 0 Å². The number of allylic oxidation sites excluding steroid dienone is 2. The van der Waals surface area contributed by atoms with E-state index in [1.54, 1.807) is 0 Å². The van der Waals surface area contributed by atoms with Crippen LogP contribution in [0.3, 0.4) is 0 Å². The Morgan fingerprint density at radius 3 is 1.74 bits per heavy atom. The zero-order valence-electron chi connectivity index (χ0n) is 18.5. The Morgan fingerprint density at radius 2 is 1.19 bits per heavy atom. The molecule has 0 radical (unpaired) electrons. The quantitative estimate of drug-likeness (QED) is 0.128. The molecule has 0 aromatic carbocycles. The summed E-state index contributed by atoms with van der Waals surface area (Å²) in [6, 6.07) is 0. The second-order valence-electron chi connectivity index (χ2n) is 8.07. The zero-order valence-corrected chi connectivity index (χ0v) is 18.5. The van der Waals surface area contributed by atoms with Crippen LogP contribution < -0.4 is 0 Å². The van der Waals surface area contributed by atoms with Crippen LogP contribution >= 0.6 is 0 Å². The molecule has 0 fully saturated rings. The summed E-state index contributed by atoms with van der Waals surface area (Å²) >= 11 is 0. The molecule has 0 bridgehead atoms. The van der Waals surface area contributed by atoms with Crippen LogP contribution in [0.25, 0.3) is 0 Å². The molecule has 27 heavy (non-hydrogen) atoms. The molecule has 0 rings (SSSR count). The molecule has 0 spiro atoms. The van der Waals surface area contributed by atoms with Gasteiger partial charge < -0.3 is 9.47 Å². The van der Waals surface area contributed by atoms with Gasteiger partial charge in [-0.05, 0) is 44.4 Å². The standard InChI is InChI=1S/C24H46O3/c1-4-5-6-7-8-9-10-11-12-13-14-15-16-17-18-19-21-26-24(25)27-22-20-23(2)3/h11-12,23H,4-10,13-22H2,1-3H3/b12-11-. The molecule has 3 nitrogen and oxygen atoms in total. The highest BCUT2D eigenvalue weighted by molar-refractivity contribution is 5.59. The van der Waals surface area contributed by atoms with Crippen molar-refractivity contribution in [2.24, 2.45) is 5.92 Å². The van der Waals surface area contributed by atoms with Gasteiger partial charge in [-0.1, -0.05) is 90.7 Å². The molecule has 0 aromatic rings. The zero-order chi connectivity index (χ0) is 20.0. The van der Waals surface area contributed by atoms with Crippen molar-refractivity contribution in [3.8, 4) is 0 Å². The number of carbonyl (C=O) groups excluding carboxylic acids is 1. The summed E-state index contributed by atoms with van der Waals surface area (Å²) in [7, 11) is 0. The number of rotatable bonds is 19. The molecule has 0 saturated heterocycles. The van der Waals surface area contributed by atoms with Crippen molar-refractivity contribution in [3.63, 3.8) is 0 Å². The molecule has 3 heteroatoms. The summed E-state index contributed by atoms with van der Waals surface area (Å²) in [5, 5.41) is 0. The molecular formula is C24H46O3. The van der Waals surface area contributed by atoms with E-state index in [4.69, 9.17) is 9.47 Å². The SMILES string of the molecule is CCCCCCCC/C=C\CCCCCCCCOC(=O)OCCC(C)C. The maximum absolute atomic E-state index is 11.3. The van der Waals surface area contributed by atoms with E-state index in [0.717, 1.165) is 19.3 Å². The molecular weight excluding hydrogens is 336 g/mol. The summed E-state index contributed by atoms with van der Waals surface area (Å²) in [5.41, 5.74) is 0. The van der Waals surface area contributed by atoms with Gasteiger partial charge in [0.25, 0.3) is 0 Å². The minimum absolute atomic E-state index is 0.462. The Balaban J connectivity index is 3.18. The van der Waals surface area contributed by atoms with Crippen LogP contribution in [-0.4, -0.2) is 19.4 Å². The normalized spacial score (nSPS) is 11.4. The first-order chi connectivity index (χ1) is 13.2. The van der Waals surface area contributed by atoms with Crippen molar-refractivity contribution >= 4 is 6.16 Å². The van der Waals surface area contributed by atoms with Gasteiger partial charge in [-0.3, -0.25) is 0 Å². The van der Waals surface area contributed by atoms with Gasteiger partial charge >= 0.3 is 6.16 Å². The maximum atomic E-state index is 11.3. The van der Waals surface area contributed by atoms with E-state index in [1.807, 2.05) is 0 Å². The number of carbonyl (C=O) groups is 1. The second-order valence-corrected chi connectivity index (χ2v) is 8.07. The third-order valence-electron chi connectivity index (χ3n) is 4.79. The van der Waals surface area contributed by atoms with Gasteiger partial charge in [0, 0.05) is 0 Å². The Morgan fingerprint density at radius 1 is 0.704 bits per heavy atom. The predicted molar refractivity (Wildman–Crippen MR) is 116 cm³/mol. The number of ether oxygens (including phenoxy) is 2. The van der Waals surface area contributed by atoms with E-state index in [0.29, 0.717) is 19.1 Å². The highest BCUT2D eigenvalue weighted by Crippen LogP contribution is 2.10. The van der Waals surface area contributed by atoms with Gasteiger partial charge in [-0.25, -0.2) is 4.79 Å². The molecule has 0 aliphatic heterocycles. The topological polar surface area (TPSA) is 35.5 Å². The summed E-state index contributed by atoms with van der Waals surface area (Å²) in [5.74, 6) is 0.550. The first-order valence-electron chi connectivity index (χ1n) is 11.6. The van der Waals surface area contributed by atoms with Crippen LogP contribution in [0.1, 0.15) is 117 Å². The summed E-state index contributed by atoms with van der Waals surface area (Å²) in [6.07, 6.45) is 23.1. The number of unbranched alkanes of at least 4 members (excludes halogenated alkanes) is 12. The Labute approximate surface area is 169 Å². The first kappa shape index (κ1) is 26.0. The summed E-state index contributed by atoms with van der Waals surface area (Å²) < 4.78 is 10.1. The molecule has 0 amide bonds. The van der Waals surface area contributed by atoms with Crippen LogP contribution in [0.15, 0.2) is 12.2 Å². The number of hydrogen-bond donors (Lipinski definition) is 0. The fourth-order valence-corrected chi connectivity index (χ4v) is 2.92. The molecule has 0 aromatic heterocycles. The molecule has 0 unspecified atom stereocenters. The van der Waals surface area contributed by atoms with Crippen molar-refractivity contribution in [2.75, 3.05) is 13.2 Å². The van der Waals surface area contributed by atoms with Crippen LogP contribution in [0.5, 0.6) is 0 Å². The Kier molecular flexibility index (Phi) is 20.5. The minimum Gasteiger partial charge on any atom is -0.434 e. The molecule has 0 atom stereocenters. The van der Waals surface area contributed by atoms with E-state index in [-0.39, 0.29) is 0 Å². The van der Waals surface area contributed by atoms with E-state index >= 15 is 0 Å². The van der Waals surface area contributed by atoms with Gasteiger partial charge in [0.1, 0.15) is 0 Å². The lowest BCUT2D eigenvalue weighted by Crippen LogP contribution is -2.10. The van der Waals surface area contributed by atoms with E-state index < -0.39 is 6.16 Å². The van der Waals surface area contributed by atoms with Crippen molar-refractivity contribution in [3.05, 3.63) is 12.2 Å². The van der Waals surface area contributed by atoms with Crippen molar-refractivity contribution in [1.82, 2.24) is 0 Å². The predicted octanol–water partition coefficient (Wildman–Crippen LogP) is 8.22. The third kappa shape index (κ3) is 23.0. The minimum atomic E-state index is -0.511. The van der Waals surface area contributed by atoms with Gasteiger partial charge in [-0.15, -0.1) is 0 Å². The monoisotopic (exact) mass is 382 g/mol. The van der Waals surface area contributed by atoms with Crippen molar-refractivity contribution < 1.29 is 14.3 Å². The maximum Gasteiger partial charge on any atom is 0.508 e. The van der Waals surface area contributed by atoms with E-state index in [2.05, 4.69) is 32.9 Å². The van der Waals surface area contributed by atoms with Gasteiger partial charge in [0.2, 0.25) is 0 Å². The lowest BCUT2D eigenvalue weighted by molar-refractivity contribution is 0.0512. The van der Waals surface area contributed by atoms with Crippen LogP contribution in [0, 0.1) is 5.92 Å². The summed E-state index contributed by atoms with van der Waals surface area (Å²) in [6.45, 7) is 7.44. The van der Waals surface area contributed by atoms with Crippen molar-refractivity contribution in [1.29, 1.82) is 0 Å². The molecule has 0 saturated carbocycles. The molecule has 0 aliphatic rings. The molecule has 160 valence electrons. The smallest absolute Gasteiger partial charge is 0.434 e. The summed E-state index contributed by atoms with van der Waals surface area (Å²) in [4.78, 5) is 11.3. The lowest BCUT2D eigenvalue weighted by atomic mass is 10.1.